The second-order valence-electron chi connectivity index (χ2n) is 22.1. The van der Waals surface area contributed by atoms with Crippen LogP contribution in [-0.2, 0) is 14.3 Å². The molecule has 8 N–H and O–H groups in total. The second-order valence-corrected chi connectivity index (χ2v) is 22.1. The van der Waals surface area contributed by atoms with Crippen molar-refractivity contribution in [1.29, 1.82) is 0 Å². The highest BCUT2D eigenvalue weighted by Crippen LogP contribution is 2.23. The Balaban J connectivity index is 2.29. The fourth-order valence-electron chi connectivity index (χ4n) is 9.94. The topological polar surface area (TPSA) is 189 Å². The predicted molar refractivity (Wildman–Crippen MR) is 311 cm³/mol. The number of hydrogen-bond acceptors (Lipinski definition) is 10. The number of amides is 1. The molecule has 11 heteroatoms. The molecule has 0 saturated carbocycles. The van der Waals surface area contributed by atoms with E-state index < -0.39 is 74.2 Å². The van der Waals surface area contributed by atoms with Gasteiger partial charge < -0.3 is 50.5 Å². The zero-order valence-corrected chi connectivity index (χ0v) is 48.3. The van der Waals surface area contributed by atoms with Crippen LogP contribution in [0.15, 0.2) is 48.6 Å². The average Bonchev–Trinajstić information content (AvgIpc) is 3.41. The van der Waals surface area contributed by atoms with Gasteiger partial charge in [-0.3, -0.25) is 4.79 Å². The van der Waals surface area contributed by atoms with Crippen LogP contribution in [-0.4, -0.2) is 110 Å². The Morgan fingerprint density at radius 1 is 0.453 bits per heavy atom. The van der Waals surface area contributed by atoms with Crippen molar-refractivity contribution >= 4 is 5.91 Å². The molecule has 1 fully saturated rings. The Kier molecular flexibility index (Phi) is 50.0. The number of allylic oxidation sites excluding steroid dienone is 8. The molecule has 0 spiro atoms. The standard InChI is InChI=1S/C64H119NO10/c1-3-5-7-9-11-13-15-17-19-21-22-23-24-25-26-27-28-29-30-31-32-33-34-36-37-39-41-43-45-47-49-51-56(67)59(69)55(54-74-64-62(72)61(71)60(70)58(53-66)75-64)65-63(73)57(68)52-50-48-46-44-42-40-38-35-20-18-16-14-12-10-8-6-4-2/h31-32,36-38,40,43,45,55-62,64,66-72H,3-30,33-35,39,41-42,44,46-54H2,1-2H3,(H,65,73)/b32-31+,37-36+,40-38-,45-43+. The molecule has 440 valence electrons. The molecule has 0 aliphatic carbocycles. The number of carbonyl (C=O) groups is 1. The van der Waals surface area contributed by atoms with Crippen LogP contribution in [0, 0.1) is 0 Å². The molecule has 9 atom stereocenters. The summed E-state index contributed by atoms with van der Waals surface area (Å²) in [6, 6.07) is -1.20. The average molecular weight is 1060 g/mol. The second kappa shape index (κ2) is 52.8. The van der Waals surface area contributed by atoms with Gasteiger partial charge >= 0.3 is 0 Å². The summed E-state index contributed by atoms with van der Waals surface area (Å²) in [6.45, 7) is 3.45. The molecular formula is C64H119NO10. The summed E-state index contributed by atoms with van der Waals surface area (Å²) in [6.07, 6.45) is 56.2. The summed E-state index contributed by atoms with van der Waals surface area (Å²) in [4.78, 5) is 13.2. The van der Waals surface area contributed by atoms with Gasteiger partial charge in [0.2, 0.25) is 5.91 Å². The highest BCUT2D eigenvalue weighted by atomic mass is 16.7. The fourth-order valence-corrected chi connectivity index (χ4v) is 9.94. The van der Waals surface area contributed by atoms with Gasteiger partial charge in [-0.2, -0.15) is 0 Å². The largest absolute Gasteiger partial charge is 0.394 e. The zero-order valence-electron chi connectivity index (χ0n) is 48.3. The highest BCUT2D eigenvalue weighted by Gasteiger charge is 2.44. The lowest BCUT2D eigenvalue weighted by molar-refractivity contribution is -0.303. The van der Waals surface area contributed by atoms with Crippen molar-refractivity contribution in [2.45, 2.75) is 339 Å². The van der Waals surface area contributed by atoms with Crippen LogP contribution in [0.5, 0.6) is 0 Å². The maximum absolute atomic E-state index is 13.2. The summed E-state index contributed by atoms with van der Waals surface area (Å²) in [5, 5.41) is 76.2. The van der Waals surface area contributed by atoms with Crippen molar-refractivity contribution in [1.82, 2.24) is 5.32 Å². The molecule has 1 aliphatic rings. The molecule has 0 radical (unpaired) electrons. The van der Waals surface area contributed by atoms with Crippen LogP contribution >= 0.6 is 0 Å². The van der Waals surface area contributed by atoms with Crippen LogP contribution in [0.25, 0.3) is 0 Å². The van der Waals surface area contributed by atoms with E-state index in [1.54, 1.807) is 0 Å². The third-order valence-corrected chi connectivity index (χ3v) is 15.1. The van der Waals surface area contributed by atoms with Gasteiger partial charge in [0.05, 0.1) is 25.4 Å². The van der Waals surface area contributed by atoms with Gasteiger partial charge in [-0.1, -0.05) is 242 Å². The number of rotatable bonds is 54. The van der Waals surface area contributed by atoms with Crippen LogP contribution in [0.1, 0.15) is 284 Å². The van der Waals surface area contributed by atoms with Gasteiger partial charge in [-0.05, 0) is 89.9 Å². The lowest BCUT2D eigenvalue weighted by atomic mass is 9.98. The van der Waals surface area contributed by atoms with Gasteiger partial charge in [0.25, 0.3) is 0 Å². The predicted octanol–water partition coefficient (Wildman–Crippen LogP) is 14.0. The van der Waals surface area contributed by atoms with Crippen molar-refractivity contribution < 1.29 is 50.0 Å². The normalized spacial score (nSPS) is 20.0. The van der Waals surface area contributed by atoms with Crippen molar-refractivity contribution in [3.8, 4) is 0 Å². The minimum absolute atomic E-state index is 0.234. The van der Waals surface area contributed by atoms with E-state index in [1.807, 2.05) is 0 Å². The Morgan fingerprint density at radius 2 is 0.800 bits per heavy atom. The summed E-state index contributed by atoms with van der Waals surface area (Å²) in [5.74, 6) is -0.720. The SMILES string of the molecule is CCCCCCCCCCC/C=C\CCCCCCC(O)C(=O)NC(COC1OC(CO)C(O)C(O)C1O)C(O)C(O)CCC/C=C/CC/C=C/CC/C=C/CCCCCCCCCCCCCCCCCCCC. The quantitative estimate of drug-likeness (QED) is 0.0215. The molecular weight excluding hydrogens is 943 g/mol. The first-order valence-corrected chi connectivity index (χ1v) is 31.5. The van der Waals surface area contributed by atoms with Gasteiger partial charge in [-0.15, -0.1) is 0 Å². The van der Waals surface area contributed by atoms with Gasteiger partial charge in [0.1, 0.15) is 36.6 Å². The van der Waals surface area contributed by atoms with Crippen LogP contribution in [0.4, 0.5) is 0 Å². The lowest BCUT2D eigenvalue weighted by Gasteiger charge is -2.40. The third kappa shape index (κ3) is 40.9. The smallest absolute Gasteiger partial charge is 0.249 e. The molecule has 1 rings (SSSR count). The fraction of sp³-hybridized carbons (Fsp3) is 0.859. The van der Waals surface area contributed by atoms with Gasteiger partial charge in [0.15, 0.2) is 6.29 Å². The number of unbranched alkanes of at least 4 members (excludes halogenated alkanes) is 34. The molecule has 11 nitrogen and oxygen atoms in total. The van der Waals surface area contributed by atoms with E-state index in [0.29, 0.717) is 19.3 Å². The van der Waals surface area contributed by atoms with Crippen LogP contribution in [0.2, 0.25) is 0 Å². The number of carbonyl (C=O) groups excluding carboxylic acids is 1. The Labute approximate surface area is 459 Å². The highest BCUT2D eigenvalue weighted by molar-refractivity contribution is 5.80. The lowest BCUT2D eigenvalue weighted by Crippen LogP contribution is -2.60. The van der Waals surface area contributed by atoms with Crippen LogP contribution < -0.4 is 5.32 Å². The first-order valence-electron chi connectivity index (χ1n) is 31.5. The van der Waals surface area contributed by atoms with E-state index in [0.717, 1.165) is 57.8 Å². The molecule has 1 aliphatic heterocycles. The van der Waals surface area contributed by atoms with E-state index in [-0.39, 0.29) is 12.8 Å². The van der Waals surface area contributed by atoms with Crippen molar-refractivity contribution in [2.24, 2.45) is 0 Å². The van der Waals surface area contributed by atoms with Gasteiger partial charge in [0, 0.05) is 0 Å². The zero-order chi connectivity index (χ0) is 54.7. The van der Waals surface area contributed by atoms with Gasteiger partial charge in [-0.25, -0.2) is 0 Å². The molecule has 1 amide bonds. The van der Waals surface area contributed by atoms with Crippen molar-refractivity contribution in [3.63, 3.8) is 0 Å². The Bertz CT molecular complexity index is 1360. The van der Waals surface area contributed by atoms with E-state index >= 15 is 0 Å². The third-order valence-electron chi connectivity index (χ3n) is 15.1. The van der Waals surface area contributed by atoms with Crippen molar-refractivity contribution in [3.05, 3.63) is 48.6 Å². The maximum atomic E-state index is 13.2. The maximum Gasteiger partial charge on any atom is 0.249 e. The van der Waals surface area contributed by atoms with E-state index in [9.17, 15) is 40.5 Å². The molecule has 0 aromatic carbocycles. The summed E-state index contributed by atoms with van der Waals surface area (Å²) >= 11 is 0. The van der Waals surface area contributed by atoms with E-state index in [2.05, 4.69) is 67.8 Å². The number of hydrogen-bond donors (Lipinski definition) is 8. The number of aliphatic hydroxyl groups is 7. The molecule has 0 aromatic rings. The minimum atomic E-state index is -1.68. The summed E-state index contributed by atoms with van der Waals surface area (Å²) in [5.41, 5.74) is 0. The molecule has 1 saturated heterocycles. The Hall–Kier alpha value is -1.93. The Morgan fingerprint density at radius 3 is 1.19 bits per heavy atom. The summed E-state index contributed by atoms with van der Waals surface area (Å²) in [7, 11) is 0. The molecule has 9 unspecified atom stereocenters. The number of nitrogens with one attached hydrogen (secondary N) is 1. The summed E-state index contributed by atoms with van der Waals surface area (Å²) < 4.78 is 11.1. The van der Waals surface area contributed by atoms with E-state index in [1.165, 1.54) is 180 Å². The first kappa shape index (κ1) is 71.1. The number of aliphatic hydroxyl groups excluding tert-OH is 7. The van der Waals surface area contributed by atoms with E-state index in [4.69, 9.17) is 9.47 Å². The number of ether oxygens (including phenoxy) is 2. The molecule has 0 aromatic heterocycles. The molecule has 0 bridgehead atoms. The van der Waals surface area contributed by atoms with Crippen LogP contribution in [0.3, 0.4) is 0 Å². The minimum Gasteiger partial charge on any atom is -0.394 e. The van der Waals surface area contributed by atoms with Crippen molar-refractivity contribution in [2.75, 3.05) is 13.2 Å². The molecule has 1 heterocycles. The first-order chi connectivity index (χ1) is 36.7. The molecule has 75 heavy (non-hydrogen) atoms. The monoisotopic (exact) mass is 1060 g/mol.